The number of hydrogen-bond donors (Lipinski definition) is 1. The van der Waals surface area contributed by atoms with Gasteiger partial charge in [-0.05, 0) is 70.5 Å². The van der Waals surface area contributed by atoms with Gasteiger partial charge in [0.25, 0.3) is 10.0 Å². The van der Waals surface area contributed by atoms with Crippen molar-refractivity contribution in [2.45, 2.75) is 57.6 Å². The van der Waals surface area contributed by atoms with E-state index in [0.29, 0.717) is 0 Å². The van der Waals surface area contributed by atoms with Gasteiger partial charge in [0.1, 0.15) is 12.6 Å². The third-order valence-corrected chi connectivity index (χ3v) is 8.07. The van der Waals surface area contributed by atoms with Crippen LogP contribution in [-0.4, -0.2) is 43.3 Å². The van der Waals surface area contributed by atoms with Crippen molar-refractivity contribution in [3.8, 4) is 0 Å². The molecule has 0 aliphatic carbocycles. The lowest BCUT2D eigenvalue weighted by atomic mass is 10.1. The van der Waals surface area contributed by atoms with E-state index in [2.05, 4.69) is 5.32 Å². The summed E-state index contributed by atoms with van der Waals surface area (Å²) in [5, 5.41) is 3.34. The molecule has 2 amide bonds. The van der Waals surface area contributed by atoms with E-state index in [1.807, 2.05) is 52.0 Å². The fourth-order valence-electron chi connectivity index (χ4n) is 4.00. The molecular formula is C29H33Cl2N3O4S. The quantitative estimate of drug-likeness (QED) is 0.340. The summed E-state index contributed by atoms with van der Waals surface area (Å²) in [5.41, 5.74) is 1.41. The SMILES string of the molecule is Cc1cccc(CN(C(=O)CN(c2cc(Cl)cc(Cl)c2)S(=O)(=O)c2ccccc2)[C@H](C)C(=O)NC(C)(C)C)c1. The molecule has 0 saturated heterocycles. The summed E-state index contributed by atoms with van der Waals surface area (Å²) in [6.07, 6.45) is 0. The number of rotatable bonds is 9. The van der Waals surface area contributed by atoms with Crippen molar-refractivity contribution in [1.82, 2.24) is 10.2 Å². The van der Waals surface area contributed by atoms with Gasteiger partial charge in [0.15, 0.2) is 0 Å². The molecule has 3 aromatic rings. The number of hydrogen-bond acceptors (Lipinski definition) is 4. The highest BCUT2D eigenvalue weighted by Crippen LogP contribution is 2.30. The summed E-state index contributed by atoms with van der Waals surface area (Å²) in [5.74, 6) is -0.921. The summed E-state index contributed by atoms with van der Waals surface area (Å²) >= 11 is 12.4. The van der Waals surface area contributed by atoms with Crippen LogP contribution < -0.4 is 9.62 Å². The van der Waals surface area contributed by atoms with Crippen molar-refractivity contribution < 1.29 is 18.0 Å². The molecule has 0 bridgehead atoms. The Morgan fingerprint density at radius 1 is 0.923 bits per heavy atom. The predicted molar refractivity (Wildman–Crippen MR) is 157 cm³/mol. The van der Waals surface area contributed by atoms with Crippen molar-refractivity contribution >= 4 is 50.7 Å². The van der Waals surface area contributed by atoms with E-state index in [9.17, 15) is 18.0 Å². The summed E-state index contributed by atoms with van der Waals surface area (Å²) in [6.45, 7) is 8.63. The van der Waals surface area contributed by atoms with Crippen LogP contribution in [-0.2, 0) is 26.2 Å². The highest BCUT2D eigenvalue weighted by atomic mass is 35.5. The molecule has 0 saturated carbocycles. The monoisotopic (exact) mass is 589 g/mol. The van der Waals surface area contributed by atoms with E-state index >= 15 is 0 Å². The number of halogens is 2. The van der Waals surface area contributed by atoms with Crippen LogP contribution >= 0.6 is 23.2 Å². The molecule has 0 aliphatic rings. The molecular weight excluding hydrogens is 557 g/mol. The fourth-order valence-corrected chi connectivity index (χ4v) is 5.93. The lowest BCUT2D eigenvalue weighted by Crippen LogP contribution is -2.54. The van der Waals surface area contributed by atoms with Crippen LogP contribution in [0.15, 0.2) is 77.7 Å². The minimum atomic E-state index is -4.20. The largest absolute Gasteiger partial charge is 0.350 e. The second-order valence-electron chi connectivity index (χ2n) is 10.4. The molecule has 10 heteroatoms. The predicted octanol–water partition coefficient (Wildman–Crippen LogP) is 5.83. The molecule has 1 N–H and O–H groups in total. The van der Waals surface area contributed by atoms with E-state index < -0.39 is 34.1 Å². The van der Waals surface area contributed by atoms with Crippen molar-refractivity contribution in [1.29, 1.82) is 0 Å². The highest BCUT2D eigenvalue weighted by Gasteiger charge is 2.33. The van der Waals surface area contributed by atoms with Gasteiger partial charge in [0, 0.05) is 22.1 Å². The normalized spacial score (nSPS) is 12.5. The second kappa shape index (κ2) is 12.4. The molecule has 0 fully saturated rings. The maximum Gasteiger partial charge on any atom is 0.264 e. The number of amides is 2. The van der Waals surface area contributed by atoms with Crippen molar-refractivity contribution in [2.24, 2.45) is 0 Å². The van der Waals surface area contributed by atoms with Crippen molar-refractivity contribution in [3.63, 3.8) is 0 Å². The first-order valence-corrected chi connectivity index (χ1v) is 14.6. The Kier molecular flexibility index (Phi) is 9.69. The van der Waals surface area contributed by atoms with Gasteiger partial charge in [-0.15, -0.1) is 0 Å². The third kappa shape index (κ3) is 8.21. The number of benzene rings is 3. The minimum absolute atomic E-state index is 0.00217. The molecule has 0 radical (unpaired) electrons. The molecule has 1 atom stereocenters. The maximum atomic E-state index is 13.9. The summed E-state index contributed by atoms with van der Waals surface area (Å²) in [7, 11) is -4.20. The zero-order chi connectivity index (χ0) is 29.0. The standard InChI is InChI=1S/C29H33Cl2N3O4S/c1-20-10-9-11-22(14-20)18-33(21(2)28(36)32-29(3,4)5)27(35)19-34(25-16-23(30)15-24(31)17-25)39(37,38)26-12-7-6-8-13-26/h6-17,21H,18-19H2,1-5H3,(H,32,36)/t21-/m1/s1. The Balaban J connectivity index is 2.06. The zero-order valence-electron chi connectivity index (χ0n) is 22.6. The first-order valence-electron chi connectivity index (χ1n) is 12.4. The highest BCUT2D eigenvalue weighted by molar-refractivity contribution is 7.92. The van der Waals surface area contributed by atoms with Gasteiger partial charge >= 0.3 is 0 Å². The number of nitrogens with zero attached hydrogens (tertiary/aromatic N) is 2. The molecule has 0 unspecified atom stereocenters. The Bertz CT molecular complexity index is 1420. The molecule has 3 aromatic carbocycles. The van der Waals surface area contributed by atoms with Gasteiger partial charge in [0.2, 0.25) is 11.8 Å². The van der Waals surface area contributed by atoms with E-state index in [1.165, 1.54) is 35.2 Å². The Hall–Kier alpha value is -3.07. The number of carbonyl (C=O) groups excluding carboxylic acids is 2. The zero-order valence-corrected chi connectivity index (χ0v) is 24.9. The average Bonchev–Trinajstić information content (AvgIpc) is 2.84. The van der Waals surface area contributed by atoms with Gasteiger partial charge < -0.3 is 10.2 Å². The van der Waals surface area contributed by atoms with Crippen LogP contribution in [0.1, 0.15) is 38.8 Å². The van der Waals surface area contributed by atoms with Gasteiger partial charge in [-0.1, -0.05) is 71.2 Å². The number of anilines is 1. The summed E-state index contributed by atoms with van der Waals surface area (Å²) in [4.78, 5) is 28.5. The molecule has 0 aliphatic heterocycles. The molecule has 7 nitrogen and oxygen atoms in total. The van der Waals surface area contributed by atoms with E-state index in [-0.39, 0.29) is 33.1 Å². The smallest absolute Gasteiger partial charge is 0.264 e. The maximum absolute atomic E-state index is 13.9. The van der Waals surface area contributed by atoms with Crippen LogP contribution in [0.3, 0.4) is 0 Å². The van der Waals surface area contributed by atoms with Crippen molar-refractivity contribution in [2.75, 3.05) is 10.8 Å². The van der Waals surface area contributed by atoms with E-state index in [0.717, 1.165) is 15.4 Å². The molecule has 0 spiro atoms. The first-order chi connectivity index (χ1) is 18.2. The topological polar surface area (TPSA) is 86.8 Å². The summed E-state index contributed by atoms with van der Waals surface area (Å²) in [6, 6.07) is 18.8. The van der Waals surface area contributed by atoms with Crippen LogP contribution in [0.2, 0.25) is 10.0 Å². The molecule has 0 aromatic heterocycles. The lowest BCUT2D eigenvalue weighted by molar-refractivity contribution is -0.140. The number of nitrogens with one attached hydrogen (secondary N) is 1. The minimum Gasteiger partial charge on any atom is -0.350 e. The Labute approximate surface area is 240 Å². The molecule has 39 heavy (non-hydrogen) atoms. The average molecular weight is 591 g/mol. The molecule has 208 valence electrons. The van der Waals surface area contributed by atoms with E-state index in [1.54, 1.807) is 25.1 Å². The first kappa shape index (κ1) is 30.5. The Morgan fingerprint density at radius 3 is 2.10 bits per heavy atom. The van der Waals surface area contributed by atoms with Crippen LogP contribution in [0, 0.1) is 6.92 Å². The second-order valence-corrected chi connectivity index (χ2v) is 13.1. The number of carbonyl (C=O) groups is 2. The number of sulfonamides is 1. The Morgan fingerprint density at radius 2 is 1.54 bits per heavy atom. The summed E-state index contributed by atoms with van der Waals surface area (Å²) < 4.78 is 28.6. The third-order valence-electron chi connectivity index (χ3n) is 5.85. The van der Waals surface area contributed by atoms with Crippen LogP contribution in [0.25, 0.3) is 0 Å². The number of aryl methyl sites for hydroxylation is 1. The molecule has 3 rings (SSSR count). The van der Waals surface area contributed by atoms with E-state index in [4.69, 9.17) is 23.2 Å². The van der Waals surface area contributed by atoms with Crippen LogP contribution in [0.5, 0.6) is 0 Å². The van der Waals surface area contributed by atoms with Crippen molar-refractivity contribution in [3.05, 3.63) is 94.0 Å². The van der Waals surface area contributed by atoms with Gasteiger partial charge in [-0.3, -0.25) is 13.9 Å². The van der Waals surface area contributed by atoms with Gasteiger partial charge in [0.05, 0.1) is 10.6 Å². The van der Waals surface area contributed by atoms with Crippen LogP contribution in [0.4, 0.5) is 5.69 Å². The molecule has 0 heterocycles. The van der Waals surface area contributed by atoms with Gasteiger partial charge in [-0.2, -0.15) is 0 Å². The van der Waals surface area contributed by atoms with Gasteiger partial charge in [-0.25, -0.2) is 8.42 Å². The fraction of sp³-hybridized carbons (Fsp3) is 0.310. The lowest BCUT2D eigenvalue weighted by Gasteiger charge is -2.33.